The second kappa shape index (κ2) is 8.80. The largest absolute Gasteiger partial charge is 0.493 e. The number of carboxylic acid groups (broad SMARTS) is 1. The predicted molar refractivity (Wildman–Crippen MR) is 105 cm³/mol. The van der Waals surface area contributed by atoms with Crippen molar-refractivity contribution in [2.24, 2.45) is 0 Å². The van der Waals surface area contributed by atoms with Crippen molar-refractivity contribution in [2.75, 3.05) is 20.3 Å². The maximum atomic E-state index is 11.4. The molecular weight excluding hydrogens is 344 g/mol. The molecule has 2 aromatic carbocycles. The summed E-state index contributed by atoms with van der Waals surface area (Å²) in [5.74, 6) is 0.364. The normalized spacial score (nSPS) is 11.1. The summed E-state index contributed by atoms with van der Waals surface area (Å²) in [5.41, 5.74) is 2.44. The average molecular weight is 372 g/mol. The highest BCUT2D eigenvalue weighted by Crippen LogP contribution is 2.33. The first-order chi connectivity index (χ1) is 12.8. The molecule has 0 aliphatic rings. The Morgan fingerprint density at radius 2 is 1.74 bits per heavy atom. The van der Waals surface area contributed by atoms with Crippen LogP contribution in [-0.4, -0.2) is 31.4 Å². The average Bonchev–Trinajstić information content (AvgIpc) is 2.64. The first kappa shape index (κ1) is 20.6. The van der Waals surface area contributed by atoms with Gasteiger partial charge in [0, 0.05) is 0 Å². The van der Waals surface area contributed by atoms with Crippen molar-refractivity contribution in [3.05, 3.63) is 53.1 Å². The lowest BCUT2D eigenvalue weighted by atomic mass is 9.85. The van der Waals surface area contributed by atoms with E-state index in [-0.39, 0.29) is 23.3 Å². The SMILES string of the molecule is CCc1ccc(OCCOc2c(OC)cccc2C(=O)O)c(C(C)(C)C)c1. The minimum absolute atomic E-state index is 0.0412. The fraction of sp³-hybridized carbons (Fsp3) is 0.409. The van der Waals surface area contributed by atoms with Crippen molar-refractivity contribution < 1.29 is 24.1 Å². The van der Waals surface area contributed by atoms with E-state index in [0.29, 0.717) is 12.4 Å². The molecule has 0 aromatic heterocycles. The molecule has 0 spiro atoms. The highest BCUT2D eigenvalue weighted by atomic mass is 16.5. The molecule has 146 valence electrons. The Kier molecular flexibility index (Phi) is 6.72. The maximum absolute atomic E-state index is 11.4. The lowest BCUT2D eigenvalue weighted by molar-refractivity contribution is 0.0690. The Hall–Kier alpha value is -2.69. The van der Waals surface area contributed by atoms with Crippen molar-refractivity contribution >= 4 is 5.97 Å². The van der Waals surface area contributed by atoms with E-state index < -0.39 is 5.97 Å². The fourth-order valence-corrected chi connectivity index (χ4v) is 2.80. The van der Waals surface area contributed by atoms with E-state index in [4.69, 9.17) is 14.2 Å². The summed E-state index contributed by atoms with van der Waals surface area (Å²) in [4.78, 5) is 11.4. The van der Waals surface area contributed by atoms with E-state index >= 15 is 0 Å². The van der Waals surface area contributed by atoms with Crippen LogP contribution in [0.1, 0.15) is 49.2 Å². The third-order valence-electron chi connectivity index (χ3n) is 4.28. The molecule has 0 saturated heterocycles. The number of benzene rings is 2. The van der Waals surface area contributed by atoms with Crippen molar-refractivity contribution in [3.63, 3.8) is 0 Å². The van der Waals surface area contributed by atoms with Gasteiger partial charge in [-0.05, 0) is 41.2 Å². The zero-order valence-electron chi connectivity index (χ0n) is 16.7. The highest BCUT2D eigenvalue weighted by Gasteiger charge is 2.20. The van der Waals surface area contributed by atoms with Crippen LogP contribution in [0, 0.1) is 0 Å². The van der Waals surface area contributed by atoms with Crippen LogP contribution >= 0.6 is 0 Å². The van der Waals surface area contributed by atoms with Crippen LogP contribution in [0.5, 0.6) is 17.2 Å². The molecule has 0 bridgehead atoms. The Labute approximate surface area is 160 Å². The number of carbonyl (C=O) groups is 1. The molecule has 0 atom stereocenters. The lowest BCUT2D eigenvalue weighted by Gasteiger charge is -2.24. The summed E-state index contributed by atoms with van der Waals surface area (Å²) >= 11 is 0. The van der Waals surface area contributed by atoms with Crippen LogP contribution in [-0.2, 0) is 11.8 Å². The van der Waals surface area contributed by atoms with Gasteiger partial charge in [-0.3, -0.25) is 0 Å². The standard InChI is InChI=1S/C22H28O5/c1-6-15-10-11-18(17(14-15)22(2,3)4)26-12-13-27-20-16(21(23)24)8-7-9-19(20)25-5/h7-11,14H,6,12-13H2,1-5H3,(H,23,24). The Bertz CT molecular complexity index is 790. The number of aromatic carboxylic acids is 1. The first-order valence-corrected chi connectivity index (χ1v) is 9.07. The van der Waals surface area contributed by atoms with Gasteiger partial charge in [-0.1, -0.05) is 45.9 Å². The summed E-state index contributed by atoms with van der Waals surface area (Å²) < 4.78 is 16.8. The molecule has 0 unspecified atom stereocenters. The summed E-state index contributed by atoms with van der Waals surface area (Å²) in [5, 5.41) is 9.33. The van der Waals surface area contributed by atoms with Gasteiger partial charge < -0.3 is 19.3 Å². The third kappa shape index (κ3) is 5.16. The number of aryl methyl sites for hydroxylation is 1. The fourth-order valence-electron chi connectivity index (χ4n) is 2.80. The smallest absolute Gasteiger partial charge is 0.339 e. The van der Waals surface area contributed by atoms with Gasteiger partial charge in [0.25, 0.3) is 0 Å². The minimum Gasteiger partial charge on any atom is -0.493 e. The Morgan fingerprint density at radius 1 is 1.04 bits per heavy atom. The van der Waals surface area contributed by atoms with Crippen molar-refractivity contribution in [1.29, 1.82) is 0 Å². The van der Waals surface area contributed by atoms with Gasteiger partial charge in [0.1, 0.15) is 24.5 Å². The molecule has 0 fully saturated rings. The molecule has 2 aromatic rings. The highest BCUT2D eigenvalue weighted by molar-refractivity contribution is 5.92. The molecular formula is C22H28O5. The number of methoxy groups -OCH3 is 1. The Morgan fingerprint density at radius 3 is 2.33 bits per heavy atom. The summed E-state index contributed by atoms with van der Waals surface area (Å²) in [6.45, 7) is 9.09. The second-order valence-electron chi connectivity index (χ2n) is 7.27. The van der Waals surface area contributed by atoms with E-state index in [9.17, 15) is 9.90 Å². The predicted octanol–water partition coefficient (Wildman–Crippen LogP) is 4.71. The number of rotatable bonds is 8. The van der Waals surface area contributed by atoms with Crippen LogP contribution in [0.2, 0.25) is 0 Å². The second-order valence-corrected chi connectivity index (χ2v) is 7.27. The number of ether oxygens (including phenoxy) is 3. The molecule has 2 rings (SSSR count). The minimum atomic E-state index is -1.06. The van der Waals surface area contributed by atoms with Gasteiger partial charge in [-0.15, -0.1) is 0 Å². The molecule has 0 heterocycles. The topological polar surface area (TPSA) is 65.0 Å². The quantitative estimate of drug-likeness (QED) is 0.680. The summed E-state index contributed by atoms with van der Waals surface area (Å²) in [7, 11) is 1.48. The van der Waals surface area contributed by atoms with Gasteiger partial charge in [0.05, 0.1) is 7.11 Å². The molecule has 1 N–H and O–H groups in total. The van der Waals surface area contributed by atoms with E-state index in [1.807, 2.05) is 6.07 Å². The monoisotopic (exact) mass is 372 g/mol. The van der Waals surface area contributed by atoms with E-state index in [1.165, 1.54) is 18.7 Å². The third-order valence-corrected chi connectivity index (χ3v) is 4.28. The van der Waals surface area contributed by atoms with Crippen LogP contribution in [0.25, 0.3) is 0 Å². The van der Waals surface area contributed by atoms with E-state index in [0.717, 1.165) is 17.7 Å². The van der Waals surface area contributed by atoms with Crippen molar-refractivity contribution in [3.8, 4) is 17.2 Å². The molecule has 27 heavy (non-hydrogen) atoms. The van der Waals surface area contributed by atoms with Gasteiger partial charge in [0.15, 0.2) is 11.5 Å². The molecule has 5 heteroatoms. The lowest BCUT2D eigenvalue weighted by Crippen LogP contribution is -2.17. The van der Waals surface area contributed by atoms with Gasteiger partial charge in [-0.2, -0.15) is 0 Å². The van der Waals surface area contributed by atoms with Crippen molar-refractivity contribution in [2.45, 2.75) is 39.5 Å². The Balaban J connectivity index is 2.09. The zero-order valence-corrected chi connectivity index (χ0v) is 16.7. The zero-order chi connectivity index (χ0) is 20.0. The van der Waals surface area contributed by atoms with E-state index in [2.05, 4.69) is 39.8 Å². The van der Waals surface area contributed by atoms with Crippen LogP contribution in [0.4, 0.5) is 0 Å². The van der Waals surface area contributed by atoms with E-state index in [1.54, 1.807) is 12.1 Å². The maximum Gasteiger partial charge on any atom is 0.339 e. The summed E-state index contributed by atoms with van der Waals surface area (Å²) in [6.07, 6.45) is 0.970. The molecule has 0 amide bonds. The van der Waals surface area contributed by atoms with Gasteiger partial charge in [-0.25, -0.2) is 4.79 Å². The van der Waals surface area contributed by atoms with Crippen LogP contribution in [0.3, 0.4) is 0 Å². The first-order valence-electron chi connectivity index (χ1n) is 9.07. The number of hydrogen-bond donors (Lipinski definition) is 1. The number of para-hydroxylation sites is 1. The molecule has 0 aliphatic carbocycles. The molecule has 0 aliphatic heterocycles. The van der Waals surface area contributed by atoms with Gasteiger partial charge >= 0.3 is 5.97 Å². The number of hydrogen-bond acceptors (Lipinski definition) is 4. The number of carboxylic acids is 1. The van der Waals surface area contributed by atoms with Crippen molar-refractivity contribution in [1.82, 2.24) is 0 Å². The molecule has 0 saturated carbocycles. The summed E-state index contributed by atoms with van der Waals surface area (Å²) in [6, 6.07) is 11.0. The van der Waals surface area contributed by atoms with Crippen LogP contribution in [0.15, 0.2) is 36.4 Å². The van der Waals surface area contributed by atoms with Gasteiger partial charge in [0.2, 0.25) is 0 Å². The van der Waals surface area contributed by atoms with Crippen LogP contribution < -0.4 is 14.2 Å². The molecule has 5 nitrogen and oxygen atoms in total. The molecule has 0 radical (unpaired) electrons.